The first kappa shape index (κ1) is 16.3. The van der Waals surface area contributed by atoms with Gasteiger partial charge in [-0.2, -0.15) is 0 Å². The number of hydrogen-bond acceptors (Lipinski definition) is 2. The molecular formula is C18H36N2. The molecule has 1 heterocycles. The van der Waals surface area contributed by atoms with Gasteiger partial charge in [0.15, 0.2) is 0 Å². The monoisotopic (exact) mass is 280 g/mol. The van der Waals surface area contributed by atoms with Crippen molar-refractivity contribution in [3.63, 3.8) is 0 Å². The molecule has 1 saturated heterocycles. The molecule has 0 aromatic rings. The number of likely N-dealkylation sites (tertiary alicyclic amines) is 1. The Hall–Kier alpha value is -0.0800. The molecule has 20 heavy (non-hydrogen) atoms. The SMILES string of the molecule is CCCC1CCCC(CN)(N2CCC(C)(C)CC2)CC1. The van der Waals surface area contributed by atoms with E-state index in [4.69, 9.17) is 5.73 Å². The van der Waals surface area contributed by atoms with Crippen molar-refractivity contribution in [3.8, 4) is 0 Å². The minimum Gasteiger partial charge on any atom is -0.329 e. The van der Waals surface area contributed by atoms with Crippen LogP contribution in [0.2, 0.25) is 0 Å². The van der Waals surface area contributed by atoms with Gasteiger partial charge in [-0.15, -0.1) is 0 Å². The highest BCUT2D eigenvalue weighted by molar-refractivity contribution is 4.97. The summed E-state index contributed by atoms with van der Waals surface area (Å²) in [5, 5.41) is 0. The Bertz CT molecular complexity index is 290. The molecular weight excluding hydrogens is 244 g/mol. The highest BCUT2D eigenvalue weighted by Gasteiger charge is 2.40. The molecule has 2 rings (SSSR count). The Morgan fingerprint density at radius 1 is 1.05 bits per heavy atom. The summed E-state index contributed by atoms with van der Waals surface area (Å²) in [5.74, 6) is 0.967. The second-order valence-corrected chi connectivity index (χ2v) is 8.17. The van der Waals surface area contributed by atoms with Gasteiger partial charge in [0.05, 0.1) is 0 Å². The van der Waals surface area contributed by atoms with Crippen LogP contribution in [-0.4, -0.2) is 30.1 Å². The van der Waals surface area contributed by atoms with Gasteiger partial charge in [0.1, 0.15) is 0 Å². The standard InChI is InChI=1S/C18H36N2/c1-4-6-16-7-5-9-18(15-19,10-8-16)20-13-11-17(2,3)12-14-20/h16H,4-15,19H2,1-3H3. The number of piperidine rings is 1. The van der Waals surface area contributed by atoms with Crippen molar-refractivity contribution in [2.45, 2.75) is 84.1 Å². The molecule has 2 nitrogen and oxygen atoms in total. The zero-order chi connectivity index (χ0) is 14.6. The molecule has 1 aliphatic heterocycles. The number of nitrogens with two attached hydrogens (primary N) is 1. The average molecular weight is 280 g/mol. The van der Waals surface area contributed by atoms with Gasteiger partial charge in [-0.05, 0) is 56.5 Å². The summed E-state index contributed by atoms with van der Waals surface area (Å²) in [5.41, 5.74) is 7.16. The molecule has 0 spiro atoms. The number of rotatable bonds is 4. The largest absolute Gasteiger partial charge is 0.329 e. The van der Waals surface area contributed by atoms with E-state index in [9.17, 15) is 0 Å². The molecule has 2 aliphatic rings. The van der Waals surface area contributed by atoms with Crippen molar-refractivity contribution >= 4 is 0 Å². The predicted octanol–water partition coefficient (Wildman–Crippen LogP) is 4.19. The van der Waals surface area contributed by atoms with E-state index in [1.54, 1.807) is 0 Å². The van der Waals surface area contributed by atoms with Gasteiger partial charge < -0.3 is 5.73 Å². The fraction of sp³-hybridized carbons (Fsp3) is 1.00. The van der Waals surface area contributed by atoms with Crippen molar-refractivity contribution in [1.82, 2.24) is 4.90 Å². The maximum Gasteiger partial charge on any atom is 0.0331 e. The molecule has 118 valence electrons. The second kappa shape index (κ2) is 6.79. The minimum atomic E-state index is 0.332. The summed E-state index contributed by atoms with van der Waals surface area (Å²) in [6, 6.07) is 0. The van der Waals surface area contributed by atoms with Crippen molar-refractivity contribution in [3.05, 3.63) is 0 Å². The van der Waals surface area contributed by atoms with Gasteiger partial charge in [-0.1, -0.05) is 46.5 Å². The highest BCUT2D eigenvalue weighted by Crippen LogP contribution is 2.40. The first-order chi connectivity index (χ1) is 9.51. The summed E-state index contributed by atoms with van der Waals surface area (Å²) in [6.45, 7) is 10.6. The smallest absolute Gasteiger partial charge is 0.0331 e. The molecule has 1 saturated carbocycles. The average Bonchev–Trinajstić information content (AvgIpc) is 2.63. The maximum absolute atomic E-state index is 6.28. The van der Waals surface area contributed by atoms with Crippen molar-refractivity contribution in [2.75, 3.05) is 19.6 Å². The van der Waals surface area contributed by atoms with Gasteiger partial charge in [0.25, 0.3) is 0 Å². The minimum absolute atomic E-state index is 0.332. The first-order valence-electron chi connectivity index (χ1n) is 8.96. The first-order valence-corrected chi connectivity index (χ1v) is 8.96. The van der Waals surface area contributed by atoms with E-state index in [0.29, 0.717) is 11.0 Å². The zero-order valence-electron chi connectivity index (χ0n) is 14.1. The van der Waals surface area contributed by atoms with E-state index in [1.807, 2.05) is 0 Å². The quantitative estimate of drug-likeness (QED) is 0.783. The lowest BCUT2D eigenvalue weighted by Gasteiger charge is -2.48. The van der Waals surface area contributed by atoms with E-state index in [2.05, 4.69) is 25.7 Å². The summed E-state index contributed by atoms with van der Waals surface area (Å²) < 4.78 is 0. The molecule has 0 aromatic carbocycles. The van der Waals surface area contributed by atoms with Crippen LogP contribution in [0.3, 0.4) is 0 Å². The molecule has 2 unspecified atom stereocenters. The van der Waals surface area contributed by atoms with Crippen LogP contribution in [0, 0.1) is 11.3 Å². The molecule has 2 N–H and O–H groups in total. The maximum atomic E-state index is 6.28. The van der Waals surface area contributed by atoms with Gasteiger partial charge in [-0.3, -0.25) is 4.90 Å². The molecule has 0 aromatic heterocycles. The molecule has 0 amide bonds. The Labute approximate surface area is 126 Å². The summed E-state index contributed by atoms with van der Waals surface area (Å²) >= 11 is 0. The van der Waals surface area contributed by atoms with Crippen LogP contribution >= 0.6 is 0 Å². The molecule has 1 aliphatic carbocycles. The zero-order valence-corrected chi connectivity index (χ0v) is 14.1. The van der Waals surface area contributed by atoms with Crippen LogP contribution in [0.1, 0.15) is 78.6 Å². The van der Waals surface area contributed by atoms with Crippen LogP contribution < -0.4 is 5.73 Å². The van der Waals surface area contributed by atoms with Gasteiger partial charge in [0.2, 0.25) is 0 Å². The summed E-state index contributed by atoms with van der Waals surface area (Å²) in [4.78, 5) is 2.77. The third kappa shape index (κ3) is 3.76. The van der Waals surface area contributed by atoms with E-state index in [0.717, 1.165) is 12.5 Å². The molecule has 0 radical (unpaired) electrons. The summed E-state index contributed by atoms with van der Waals surface area (Å²) in [6.07, 6.45) is 12.4. The molecule has 0 bridgehead atoms. The fourth-order valence-corrected chi connectivity index (χ4v) is 4.39. The van der Waals surface area contributed by atoms with Crippen LogP contribution in [0.25, 0.3) is 0 Å². The predicted molar refractivity (Wildman–Crippen MR) is 87.9 cm³/mol. The number of hydrogen-bond donors (Lipinski definition) is 1. The van der Waals surface area contributed by atoms with Crippen LogP contribution in [0.15, 0.2) is 0 Å². The summed E-state index contributed by atoms with van der Waals surface area (Å²) in [7, 11) is 0. The lowest BCUT2D eigenvalue weighted by Crippen LogP contribution is -2.57. The normalized spacial score (nSPS) is 35.7. The lowest BCUT2D eigenvalue weighted by molar-refractivity contribution is 0.0219. The third-order valence-electron chi connectivity index (χ3n) is 6.14. The Morgan fingerprint density at radius 3 is 2.35 bits per heavy atom. The topological polar surface area (TPSA) is 29.3 Å². The molecule has 2 fully saturated rings. The Kier molecular flexibility index (Phi) is 5.53. The van der Waals surface area contributed by atoms with Crippen LogP contribution in [-0.2, 0) is 0 Å². The van der Waals surface area contributed by atoms with Gasteiger partial charge in [-0.25, -0.2) is 0 Å². The fourth-order valence-electron chi connectivity index (χ4n) is 4.39. The highest BCUT2D eigenvalue weighted by atomic mass is 15.2. The van der Waals surface area contributed by atoms with E-state index in [1.165, 1.54) is 70.9 Å². The van der Waals surface area contributed by atoms with Crippen molar-refractivity contribution < 1.29 is 0 Å². The molecule has 2 atom stereocenters. The Balaban J connectivity index is 1.99. The van der Waals surface area contributed by atoms with Gasteiger partial charge >= 0.3 is 0 Å². The molecule has 2 heteroatoms. The van der Waals surface area contributed by atoms with Crippen molar-refractivity contribution in [1.29, 1.82) is 0 Å². The van der Waals surface area contributed by atoms with E-state index >= 15 is 0 Å². The van der Waals surface area contributed by atoms with Crippen molar-refractivity contribution in [2.24, 2.45) is 17.1 Å². The Morgan fingerprint density at radius 2 is 1.75 bits per heavy atom. The lowest BCUT2D eigenvalue weighted by atomic mass is 9.79. The van der Waals surface area contributed by atoms with E-state index in [-0.39, 0.29) is 0 Å². The van der Waals surface area contributed by atoms with Crippen LogP contribution in [0.5, 0.6) is 0 Å². The third-order valence-corrected chi connectivity index (χ3v) is 6.14. The number of nitrogens with zero attached hydrogens (tertiary/aromatic N) is 1. The van der Waals surface area contributed by atoms with E-state index < -0.39 is 0 Å². The van der Waals surface area contributed by atoms with Gasteiger partial charge in [0, 0.05) is 12.1 Å². The second-order valence-electron chi connectivity index (χ2n) is 8.17. The van der Waals surface area contributed by atoms with Crippen LogP contribution in [0.4, 0.5) is 0 Å².